The van der Waals surface area contributed by atoms with Crippen LogP contribution < -0.4 is 16.0 Å². The van der Waals surface area contributed by atoms with Gasteiger partial charge in [-0.25, -0.2) is 4.79 Å². The lowest BCUT2D eigenvalue weighted by Gasteiger charge is -2.37. The van der Waals surface area contributed by atoms with Crippen molar-refractivity contribution < 1.29 is 4.79 Å². The van der Waals surface area contributed by atoms with E-state index in [-0.39, 0.29) is 0 Å². The fourth-order valence-electron chi connectivity index (χ4n) is 3.20. The molecular weight excluding hydrogens is 286 g/mol. The number of urea groups is 1. The number of hydrogen-bond donors (Lipinski definition) is 2. The molecule has 0 saturated carbocycles. The fourth-order valence-corrected chi connectivity index (χ4v) is 3.20. The van der Waals surface area contributed by atoms with Crippen LogP contribution in [-0.4, -0.2) is 12.1 Å². The Labute approximate surface area is 137 Å². The highest BCUT2D eigenvalue weighted by atomic mass is 16.2. The standard InChI is InChI=1S/C19H23N3O/c1-14-7-9-17-11-16(12-21-19(20)23)8-10-18(17)22(14)13-15-5-3-2-4-6-15/h2-6,8,10-11,14H,7,9,12-13H2,1H3,(H3,20,21,23). The third kappa shape index (κ3) is 3.65. The highest BCUT2D eigenvalue weighted by molar-refractivity contribution is 5.71. The molecule has 1 heterocycles. The minimum Gasteiger partial charge on any atom is -0.364 e. The van der Waals surface area contributed by atoms with Crippen LogP contribution in [0.15, 0.2) is 48.5 Å². The van der Waals surface area contributed by atoms with Crippen LogP contribution in [0.1, 0.15) is 30.0 Å². The quantitative estimate of drug-likeness (QED) is 0.911. The summed E-state index contributed by atoms with van der Waals surface area (Å²) in [5.41, 5.74) is 10.2. The number of nitrogens with one attached hydrogen (secondary N) is 1. The molecule has 4 nitrogen and oxygen atoms in total. The first-order valence-electron chi connectivity index (χ1n) is 8.09. The van der Waals surface area contributed by atoms with Crippen LogP contribution in [0.5, 0.6) is 0 Å². The van der Waals surface area contributed by atoms with Crippen molar-refractivity contribution in [3.05, 3.63) is 65.2 Å². The van der Waals surface area contributed by atoms with Gasteiger partial charge in [-0.15, -0.1) is 0 Å². The van der Waals surface area contributed by atoms with E-state index in [2.05, 4.69) is 65.7 Å². The van der Waals surface area contributed by atoms with E-state index in [0.717, 1.165) is 24.9 Å². The van der Waals surface area contributed by atoms with Crippen molar-refractivity contribution in [2.45, 2.75) is 38.9 Å². The molecule has 1 aliphatic heterocycles. The van der Waals surface area contributed by atoms with Crippen LogP contribution >= 0.6 is 0 Å². The van der Waals surface area contributed by atoms with Crippen molar-refractivity contribution >= 4 is 11.7 Å². The molecule has 0 aromatic heterocycles. The maximum absolute atomic E-state index is 10.9. The SMILES string of the molecule is CC1CCc2cc(CNC(N)=O)ccc2N1Cc1ccccc1. The first kappa shape index (κ1) is 15.4. The van der Waals surface area contributed by atoms with E-state index in [1.165, 1.54) is 16.8 Å². The number of amides is 2. The molecule has 4 heteroatoms. The Balaban J connectivity index is 1.82. The Bertz CT molecular complexity index is 684. The second kappa shape index (κ2) is 6.73. The molecule has 0 bridgehead atoms. The Morgan fingerprint density at radius 2 is 2.00 bits per heavy atom. The monoisotopic (exact) mass is 309 g/mol. The molecule has 3 rings (SSSR count). The van der Waals surface area contributed by atoms with Crippen molar-refractivity contribution in [2.24, 2.45) is 5.73 Å². The zero-order valence-electron chi connectivity index (χ0n) is 13.5. The van der Waals surface area contributed by atoms with Crippen LogP contribution in [0.3, 0.4) is 0 Å². The lowest BCUT2D eigenvalue weighted by atomic mass is 9.94. The minimum absolute atomic E-state index is 0.483. The van der Waals surface area contributed by atoms with E-state index in [1.54, 1.807) is 0 Å². The molecule has 2 aromatic carbocycles. The summed E-state index contributed by atoms with van der Waals surface area (Å²) in [6.45, 7) is 3.69. The summed E-state index contributed by atoms with van der Waals surface area (Å²) in [5.74, 6) is 0. The summed E-state index contributed by atoms with van der Waals surface area (Å²) in [4.78, 5) is 13.3. The number of anilines is 1. The van der Waals surface area contributed by atoms with Gasteiger partial charge >= 0.3 is 6.03 Å². The minimum atomic E-state index is -0.484. The van der Waals surface area contributed by atoms with E-state index in [4.69, 9.17) is 5.73 Å². The molecule has 3 N–H and O–H groups in total. The molecule has 120 valence electrons. The van der Waals surface area contributed by atoms with Crippen LogP contribution in [0.2, 0.25) is 0 Å². The number of fused-ring (bicyclic) bond motifs is 1. The second-order valence-corrected chi connectivity index (χ2v) is 6.18. The van der Waals surface area contributed by atoms with Crippen LogP contribution in [0.4, 0.5) is 10.5 Å². The number of nitrogens with zero attached hydrogens (tertiary/aromatic N) is 1. The number of benzene rings is 2. The van der Waals surface area contributed by atoms with Crippen LogP contribution in [0, 0.1) is 0 Å². The summed E-state index contributed by atoms with van der Waals surface area (Å²) >= 11 is 0. The summed E-state index contributed by atoms with van der Waals surface area (Å²) in [6, 6.07) is 17.0. The lowest BCUT2D eigenvalue weighted by Crippen LogP contribution is -2.36. The van der Waals surface area contributed by atoms with Gasteiger partial charge in [-0.2, -0.15) is 0 Å². The lowest BCUT2D eigenvalue weighted by molar-refractivity contribution is 0.248. The number of aryl methyl sites for hydroxylation is 1. The molecule has 1 unspecified atom stereocenters. The number of rotatable bonds is 4. The van der Waals surface area contributed by atoms with Gasteiger partial charge in [0.25, 0.3) is 0 Å². The predicted molar refractivity (Wildman–Crippen MR) is 93.3 cm³/mol. The van der Waals surface area contributed by atoms with Gasteiger partial charge < -0.3 is 16.0 Å². The average molecular weight is 309 g/mol. The van der Waals surface area contributed by atoms with E-state index >= 15 is 0 Å². The molecule has 1 aliphatic rings. The first-order chi connectivity index (χ1) is 11.1. The number of hydrogen-bond acceptors (Lipinski definition) is 2. The molecule has 0 spiro atoms. The molecular formula is C19H23N3O. The molecule has 0 saturated heterocycles. The molecule has 2 aromatic rings. The van der Waals surface area contributed by atoms with Gasteiger partial charge in [0.15, 0.2) is 0 Å². The maximum Gasteiger partial charge on any atom is 0.312 e. The molecule has 0 aliphatic carbocycles. The van der Waals surface area contributed by atoms with Gasteiger partial charge in [0.1, 0.15) is 0 Å². The van der Waals surface area contributed by atoms with Crippen LogP contribution in [-0.2, 0) is 19.5 Å². The largest absolute Gasteiger partial charge is 0.364 e. The molecule has 2 amide bonds. The smallest absolute Gasteiger partial charge is 0.312 e. The third-order valence-corrected chi connectivity index (χ3v) is 4.48. The number of nitrogens with two attached hydrogens (primary N) is 1. The maximum atomic E-state index is 10.9. The second-order valence-electron chi connectivity index (χ2n) is 6.18. The Morgan fingerprint density at radius 1 is 1.22 bits per heavy atom. The topological polar surface area (TPSA) is 58.4 Å². The Morgan fingerprint density at radius 3 is 2.74 bits per heavy atom. The number of primary amides is 1. The molecule has 0 radical (unpaired) electrons. The molecule has 1 atom stereocenters. The van der Waals surface area contributed by atoms with Crippen molar-refractivity contribution in [1.82, 2.24) is 5.32 Å². The van der Waals surface area contributed by atoms with Crippen molar-refractivity contribution in [3.63, 3.8) is 0 Å². The first-order valence-corrected chi connectivity index (χ1v) is 8.09. The van der Waals surface area contributed by atoms with E-state index in [1.807, 2.05) is 0 Å². The van der Waals surface area contributed by atoms with E-state index in [9.17, 15) is 4.79 Å². The summed E-state index contributed by atoms with van der Waals surface area (Å²) in [6.07, 6.45) is 2.22. The van der Waals surface area contributed by atoms with Gasteiger partial charge in [-0.05, 0) is 42.5 Å². The van der Waals surface area contributed by atoms with Crippen LogP contribution in [0.25, 0.3) is 0 Å². The highest BCUT2D eigenvalue weighted by Gasteiger charge is 2.23. The van der Waals surface area contributed by atoms with E-state index in [0.29, 0.717) is 12.6 Å². The van der Waals surface area contributed by atoms with Gasteiger partial charge in [-0.3, -0.25) is 0 Å². The van der Waals surface area contributed by atoms with Crippen molar-refractivity contribution in [3.8, 4) is 0 Å². The Hall–Kier alpha value is -2.49. The van der Waals surface area contributed by atoms with Gasteiger partial charge in [-0.1, -0.05) is 42.5 Å². The van der Waals surface area contributed by atoms with Gasteiger partial charge in [0.05, 0.1) is 0 Å². The number of carbonyl (C=O) groups excluding carboxylic acids is 1. The van der Waals surface area contributed by atoms with Gasteiger partial charge in [0.2, 0.25) is 0 Å². The van der Waals surface area contributed by atoms with Crippen molar-refractivity contribution in [2.75, 3.05) is 4.90 Å². The van der Waals surface area contributed by atoms with Gasteiger partial charge in [0, 0.05) is 24.8 Å². The average Bonchev–Trinajstić information content (AvgIpc) is 2.56. The fraction of sp³-hybridized carbons (Fsp3) is 0.316. The Kier molecular flexibility index (Phi) is 4.51. The zero-order chi connectivity index (χ0) is 16.2. The summed E-state index contributed by atoms with van der Waals surface area (Å²) in [5, 5.41) is 2.65. The predicted octanol–water partition coefficient (Wildman–Crippen LogP) is 3.20. The molecule has 0 fully saturated rings. The van der Waals surface area contributed by atoms with E-state index < -0.39 is 6.03 Å². The zero-order valence-corrected chi connectivity index (χ0v) is 13.5. The third-order valence-electron chi connectivity index (χ3n) is 4.48. The number of carbonyl (C=O) groups is 1. The molecule has 23 heavy (non-hydrogen) atoms. The highest BCUT2D eigenvalue weighted by Crippen LogP contribution is 2.32. The summed E-state index contributed by atoms with van der Waals surface area (Å²) < 4.78 is 0. The normalized spacial score (nSPS) is 16.7. The summed E-state index contributed by atoms with van der Waals surface area (Å²) in [7, 11) is 0. The van der Waals surface area contributed by atoms with Crippen molar-refractivity contribution in [1.29, 1.82) is 0 Å².